The summed E-state index contributed by atoms with van der Waals surface area (Å²) >= 11 is 0. The second kappa shape index (κ2) is 5.50. The predicted octanol–water partition coefficient (Wildman–Crippen LogP) is 2.38. The highest BCUT2D eigenvalue weighted by atomic mass is 16.7. The molecule has 2 aliphatic rings. The average Bonchev–Trinajstić information content (AvgIpc) is 3.19. The Morgan fingerprint density at radius 2 is 1.96 bits per heavy atom. The molecule has 2 heterocycles. The van der Waals surface area contributed by atoms with E-state index in [1.807, 2.05) is 42.5 Å². The minimum absolute atomic E-state index is 0.0149. The Bertz CT molecular complexity index is 733. The molecule has 0 fully saturated rings. The van der Waals surface area contributed by atoms with Crippen molar-refractivity contribution in [2.24, 2.45) is 0 Å². The molecule has 1 unspecified atom stereocenters. The summed E-state index contributed by atoms with van der Waals surface area (Å²) < 4.78 is 16.4. The molecule has 0 saturated heterocycles. The fourth-order valence-electron chi connectivity index (χ4n) is 2.96. The third-order valence-corrected chi connectivity index (χ3v) is 4.16. The second-order valence-electron chi connectivity index (χ2n) is 5.80. The van der Waals surface area contributed by atoms with Gasteiger partial charge in [-0.1, -0.05) is 24.3 Å². The lowest BCUT2D eigenvalue weighted by Crippen LogP contribution is -2.38. The number of rotatable bonds is 3. The molecule has 5 nitrogen and oxygen atoms in total. The highest BCUT2D eigenvalue weighted by Crippen LogP contribution is 2.33. The Balaban J connectivity index is 1.43. The normalized spacial score (nSPS) is 17.5. The molecule has 2 aliphatic heterocycles. The van der Waals surface area contributed by atoms with Crippen LogP contribution in [0.25, 0.3) is 0 Å². The van der Waals surface area contributed by atoms with E-state index in [1.165, 1.54) is 0 Å². The first kappa shape index (κ1) is 13.9. The number of ether oxygens (including phenoxy) is 3. The van der Waals surface area contributed by atoms with Gasteiger partial charge < -0.3 is 19.1 Å². The summed E-state index contributed by atoms with van der Waals surface area (Å²) in [6.07, 6.45) is 0.187. The number of hydrogen-bond donors (Lipinski definition) is 0. The molecule has 0 aliphatic carbocycles. The minimum Gasteiger partial charge on any atom is -0.480 e. The summed E-state index contributed by atoms with van der Waals surface area (Å²) in [6.45, 7) is 0.757. The van der Waals surface area contributed by atoms with Gasteiger partial charge in [-0.15, -0.1) is 0 Å². The van der Waals surface area contributed by atoms with Crippen molar-refractivity contribution < 1.29 is 19.0 Å². The van der Waals surface area contributed by atoms with E-state index in [-0.39, 0.29) is 12.7 Å². The standard InChI is InChI=1S/C18H17NO4/c1-19(10-12-6-7-15-16(8-12)22-11-21-15)18(20)17-9-13-4-2-3-5-14(13)23-17/h2-8,17H,9-11H2,1H3. The molecule has 5 heteroatoms. The van der Waals surface area contributed by atoms with E-state index in [2.05, 4.69) is 0 Å². The molecule has 23 heavy (non-hydrogen) atoms. The van der Waals surface area contributed by atoms with Crippen LogP contribution in [-0.2, 0) is 17.8 Å². The van der Waals surface area contributed by atoms with Gasteiger partial charge >= 0.3 is 0 Å². The molecular weight excluding hydrogens is 294 g/mol. The zero-order valence-electron chi connectivity index (χ0n) is 12.8. The van der Waals surface area contributed by atoms with Crippen LogP contribution in [0.2, 0.25) is 0 Å². The molecule has 118 valence electrons. The second-order valence-corrected chi connectivity index (χ2v) is 5.80. The molecular formula is C18H17NO4. The van der Waals surface area contributed by atoms with Gasteiger partial charge in [0.05, 0.1) is 0 Å². The summed E-state index contributed by atoms with van der Waals surface area (Å²) in [5.74, 6) is 2.27. The highest BCUT2D eigenvalue weighted by molar-refractivity contribution is 5.82. The van der Waals surface area contributed by atoms with Crippen molar-refractivity contribution in [3.05, 3.63) is 53.6 Å². The first-order valence-corrected chi connectivity index (χ1v) is 7.59. The van der Waals surface area contributed by atoms with E-state index >= 15 is 0 Å². The molecule has 0 aromatic heterocycles. The van der Waals surface area contributed by atoms with Crippen LogP contribution in [-0.4, -0.2) is 30.8 Å². The van der Waals surface area contributed by atoms with Crippen LogP contribution in [0, 0.1) is 0 Å². The van der Waals surface area contributed by atoms with Crippen molar-refractivity contribution in [1.82, 2.24) is 4.90 Å². The number of carbonyl (C=O) groups excluding carboxylic acids is 1. The lowest BCUT2D eigenvalue weighted by Gasteiger charge is -2.21. The largest absolute Gasteiger partial charge is 0.480 e. The Morgan fingerprint density at radius 1 is 1.13 bits per heavy atom. The number of para-hydroxylation sites is 1. The van der Waals surface area contributed by atoms with Crippen LogP contribution in [0.4, 0.5) is 0 Å². The third-order valence-electron chi connectivity index (χ3n) is 4.16. The van der Waals surface area contributed by atoms with Crippen LogP contribution in [0.1, 0.15) is 11.1 Å². The molecule has 2 aromatic carbocycles. The van der Waals surface area contributed by atoms with Crippen LogP contribution >= 0.6 is 0 Å². The fourth-order valence-corrected chi connectivity index (χ4v) is 2.96. The summed E-state index contributed by atoms with van der Waals surface area (Å²) in [4.78, 5) is 14.3. The van der Waals surface area contributed by atoms with Crippen LogP contribution in [0.5, 0.6) is 17.2 Å². The van der Waals surface area contributed by atoms with Crippen LogP contribution in [0.15, 0.2) is 42.5 Å². The molecule has 1 amide bonds. The lowest BCUT2D eigenvalue weighted by atomic mass is 10.1. The van der Waals surface area contributed by atoms with Gasteiger partial charge in [-0.3, -0.25) is 4.79 Å². The van der Waals surface area contributed by atoms with Gasteiger partial charge in [0.15, 0.2) is 17.6 Å². The van der Waals surface area contributed by atoms with Gasteiger partial charge in [-0.05, 0) is 29.3 Å². The van der Waals surface area contributed by atoms with Gasteiger partial charge in [0.1, 0.15) is 5.75 Å². The number of amides is 1. The molecule has 2 aromatic rings. The van der Waals surface area contributed by atoms with Crippen molar-refractivity contribution in [2.75, 3.05) is 13.8 Å². The Hall–Kier alpha value is -2.69. The summed E-state index contributed by atoms with van der Waals surface area (Å²) in [6, 6.07) is 13.5. The van der Waals surface area contributed by atoms with Gasteiger partial charge in [0.25, 0.3) is 5.91 Å². The molecule has 0 spiro atoms. The molecule has 0 bridgehead atoms. The van der Waals surface area contributed by atoms with Gasteiger partial charge in [0.2, 0.25) is 6.79 Å². The summed E-state index contributed by atoms with van der Waals surface area (Å²) in [5.41, 5.74) is 2.09. The van der Waals surface area contributed by atoms with E-state index in [1.54, 1.807) is 11.9 Å². The highest BCUT2D eigenvalue weighted by Gasteiger charge is 2.31. The van der Waals surface area contributed by atoms with Gasteiger partial charge in [-0.25, -0.2) is 0 Å². The van der Waals surface area contributed by atoms with E-state index in [4.69, 9.17) is 14.2 Å². The Labute approximate surface area is 134 Å². The topological polar surface area (TPSA) is 48.0 Å². The number of nitrogens with zero attached hydrogens (tertiary/aromatic N) is 1. The fraction of sp³-hybridized carbons (Fsp3) is 0.278. The number of hydrogen-bond acceptors (Lipinski definition) is 4. The monoisotopic (exact) mass is 311 g/mol. The van der Waals surface area contributed by atoms with E-state index in [0.29, 0.717) is 13.0 Å². The predicted molar refractivity (Wildman–Crippen MR) is 83.6 cm³/mol. The van der Waals surface area contributed by atoms with Crippen molar-refractivity contribution in [2.45, 2.75) is 19.1 Å². The molecule has 0 saturated carbocycles. The first-order chi connectivity index (χ1) is 11.2. The third kappa shape index (κ3) is 2.59. The lowest BCUT2D eigenvalue weighted by molar-refractivity contribution is -0.137. The van der Waals surface area contributed by atoms with Crippen LogP contribution in [0.3, 0.4) is 0 Å². The van der Waals surface area contributed by atoms with E-state index < -0.39 is 6.10 Å². The summed E-state index contributed by atoms with van der Waals surface area (Å²) in [5, 5.41) is 0. The minimum atomic E-state index is -0.439. The van der Waals surface area contributed by atoms with Crippen molar-refractivity contribution in [3.63, 3.8) is 0 Å². The number of benzene rings is 2. The quantitative estimate of drug-likeness (QED) is 0.873. The first-order valence-electron chi connectivity index (χ1n) is 7.59. The number of likely N-dealkylation sites (N-methyl/N-ethyl adjacent to an activating group) is 1. The molecule has 0 radical (unpaired) electrons. The zero-order chi connectivity index (χ0) is 15.8. The molecule has 4 rings (SSSR count). The maximum atomic E-state index is 12.6. The van der Waals surface area contributed by atoms with Crippen molar-refractivity contribution in [3.8, 4) is 17.2 Å². The average molecular weight is 311 g/mol. The SMILES string of the molecule is CN(Cc1ccc2c(c1)OCO2)C(=O)C1Cc2ccccc2O1. The Morgan fingerprint density at radius 3 is 2.83 bits per heavy atom. The summed E-state index contributed by atoms with van der Waals surface area (Å²) in [7, 11) is 1.79. The Kier molecular flexibility index (Phi) is 3.33. The van der Waals surface area contributed by atoms with Crippen molar-refractivity contribution in [1.29, 1.82) is 0 Å². The van der Waals surface area contributed by atoms with Gasteiger partial charge in [-0.2, -0.15) is 0 Å². The van der Waals surface area contributed by atoms with E-state index in [0.717, 1.165) is 28.4 Å². The zero-order valence-corrected chi connectivity index (χ0v) is 12.8. The molecule has 1 atom stereocenters. The maximum Gasteiger partial charge on any atom is 0.264 e. The van der Waals surface area contributed by atoms with Crippen LogP contribution < -0.4 is 14.2 Å². The maximum absolute atomic E-state index is 12.6. The number of fused-ring (bicyclic) bond motifs is 2. The molecule has 0 N–H and O–H groups in total. The number of carbonyl (C=O) groups is 1. The van der Waals surface area contributed by atoms with Crippen molar-refractivity contribution >= 4 is 5.91 Å². The van der Waals surface area contributed by atoms with E-state index in [9.17, 15) is 4.79 Å². The van der Waals surface area contributed by atoms with Gasteiger partial charge in [0, 0.05) is 20.0 Å². The smallest absolute Gasteiger partial charge is 0.264 e.